The zero-order valence-corrected chi connectivity index (χ0v) is 8.95. The molecule has 0 aliphatic carbocycles. The van der Waals surface area contributed by atoms with Gasteiger partial charge in [0, 0.05) is 12.2 Å². The lowest BCUT2D eigenvalue weighted by Gasteiger charge is -2.09. The van der Waals surface area contributed by atoms with Crippen LogP contribution in [0.15, 0.2) is 29.0 Å². The van der Waals surface area contributed by atoms with Crippen LogP contribution in [-0.2, 0) is 9.59 Å². The van der Waals surface area contributed by atoms with Crippen LogP contribution in [-0.4, -0.2) is 17.0 Å². The number of aliphatic carboxylic acids is 1. The Morgan fingerprint density at radius 2 is 2.27 bits per heavy atom. The maximum absolute atomic E-state index is 11.2. The Morgan fingerprint density at radius 3 is 2.80 bits per heavy atom. The van der Waals surface area contributed by atoms with E-state index in [-0.39, 0.29) is 6.04 Å². The Morgan fingerprint density at radius 1 is 1.53 bits per heavy atom. The number of rotatable bonds is 4. The molecule has 1 rings (SSSR count). The van der Waals surface area contributed by atoms with Crippen molar-refractivity contribution >= 4 is 23.2 Å². The summed E-state index contributed by atoms with van der Waals surface area (Å²) < 4.78 is 0. The molecule has 1 unspecified atom stereocenters. The molecular weight excluding hydrogens is 214 g/mol. The number of carboxylic acid groups (broad SMARTS) is 1. The number of thiophene rings is 1. The molecule has 4 nitrogen and oxygen atoms in total. The zero-order chi connectivity index (χ0) is 11.3. The molecule has 0 aliphatic rings. The summed E-state index contributed by atoms with van der Waals surface area (Å²) in [7, 11) is 0. The van der Waals surface area contributed by atoms with Crippen molar-refractivity contribution in [1.82, 2.24) is 5.32 Å². The fraction of sp³-hybridized carbons (Fsp3) is 0.200. The predicted octanol–water partition coefficient (Wildman–Crippen LogP) is 1.57. The molecule has 2 N–H and O–H groups in total. The molecule has 1 heterocycles. The van der Waals surface area contributed by atoms with E-state index >= 15 is 0 Å². The molecule has 0 aromatic carbocycles. The van der Waals surface area contributed by atoms with Crippen molar-refractivity contribution in [1.29, 1.82) is 0 Å². The Kier molecular flexibility index (Phi) is 4.05. The van der Waals surface area contributed by atoms with E-state index in [1.807, 2.05) is 23.8 Å². The number of hydrogen-bond acceptors (Lipinski definition) is 3. The SMILES string of the molecule is CC(NC(=O)C=CC(=O)O)c1ccsc1. The van der Waals surface area contributed by atoms with Gasteiger partial charge in [-0.1, -0.05) is 0 Å². The van der Waals surface area contributed by atoms with E-state index in [9.17, 15) is 9.59 Å². The molecule has 1 amide bonds. The van der Waals surface area contributed by atoms with Gasteiger partial charge in [0.1, 0.15) is 0 Å². The summed E-state index contributed by atoms with van der Waals surface area (Å²) >= 11 is 1.55. The quantitative estimate of drug-likeness (QED) is 0.764. The second-order valence-electron chi connectivity index (χ2n) is 2.96. The Balaban J connectivity index is 2.49. The summed E-state index contributed by atoms with van der Waals surface area (Å²) in [5, 5.41) is 14.8. The average molecular weight is 225 g/mol. The summed E-state index contributed by atoms with van der Waals surface area (Å²) in [4.78, 5) is 21.3. The Labute approximate surface area is 91.2 Å². The third kappa shape index (κ3) is 3.95. The summed E-state index contributed by atoms with van der Waals surface area (Å²) in [6, 6.07) is 1.80. The van der Waals surface area contributed by atoms with E-state index in [0.717, 1.165) is 17.7 Å². The lowest BCUT2D eigenvalue weighted by atomic mass is 10.2. The second kappa shape index (κ2) is 5.31. The van der Waals surface area contributed by atoms with Gasteiger partial charge in [-0.25, -0.2) is 4.79 Å². The first-order chi connectivity index (χ1) is 7.09. The van der Waals surface area contributed by atoms with E-state index in [2.05, 4.69) is 5.32 Å². The molecule has 0 bridgehead atoms. The van der Waals surface area contributed by atoms with Crippen LogP contribution in [0, 0.1) is 0 Å². The monoisotopic (exact) mass is 225 g/mol. The Bertz CT molecular complexity index is 370. The molecule has 15 heavy (non-hydrogen) atoms. The van der Waals surface area contributed by atoms with Gasteiger partial charge < -0.3 is 10.4 Å². The first kappa shape index (κ1) is 11.5. The van der Waals surface area contributed by atoms with Gasteiger partial charge in [0.25, 0.3) is 0 Å². The van der Waals surface area contributed by atoms with Crippen molar-refractivity contribution in [3.63, 3.8) is 0 Å². The molecule has 0 aliphatic heterocycles. The van der Waals surface area contributed by atoms with Gasteiger partial charge in [-0.2, -0.15) is 11.3 Å². The van der Waals surface area contributed by atoms with Crippen LogP contribution in [0.5, 0.6) is 0 Å². The minimum absolute atomic E-state index is 0.109. The van der Waals surface area contributed by atoms with Crippen LogP contribution in [0.2, 0.25) is 0 Å². The van der Waals surface area contributed by atoms with Gasteiger partial charge in [-0.3, -0.25) is 4.79 Å². The maximum Gasteiger partial charge on any atom is 0.328 e. The van der Waals surface area contributed by atoms with E-state index in [1.165, 1.54) is 0 Å². The number of carboxylic acids is 1. The molecule has 0 saturated carbocycles. The molecule has 0 saturated heterocycles. The smallest absolute Gasteiger partial charge is 0.328 e. The summed E-state index contributed by atoms with van der Waals surface area (Å²) in [5.74, 6) is -1.54. The molecule has 0 radical (unpaired) electrons. The van der Waals surface area contributed by atoms with Crippen LogP contribution >= 0.6 is 11.3 Å². The largest absolute Gasteiger partial charge is 0.478 e. The fourth-order valence-corrected chi connectivity index (χ4v) is 1.77. The van der Waals surface area contributed by atoms with E-state index in [0.29, 0.717) is 0 Å². The zero-order valence-electron chi connectivity index (χ0n) is 8.14. The maximum atomic E-state index is 11.2. The van der Waals surface area contributed by atoms with E-state index < -0.39 is 11.9 Å². The number of hydrogen-bond donors (Lipinski definition) is 2. The van der Waals surface area contributed by atoms with Crippen molar-refractivity contribution in [3.8, 4) is 0 Å². The molecule has 1 aromatic rings. The minimum Gasteiger partial charge on any atom is -0.478 e. The predicted molar refractivity (Wildman–Crippen MR) is 57.7 cm³/mol. The van der Waals surface area contributed by atoms with Crippen molar-refractivity contribution < 1.29 is 14.7 Å². The van der Waals surface area contributed by atoms with Gasteiger partial charge in [-0.15, -0.1) is 0 Å². The normalized spacial score (nSPS) is 12.6. The van der Waals surface area contributed by atoms with Gasteiger partial charge in [0.15, 0.2) is 0 Å². The Hall–Kier alpha value is -1.62. The van der Waals surface area contributed by atoms with Crippen molar-refractivity contribution in [2.45, 2.75) is 13.0 Å². The molecule has 0 spiro atoms. The van der Waals surface area contributed by atoms with E-state index in [4.69, 9.17) is 5.11 Å². The highest BCUT2D eigenvalue weighted by molar-refractivity contribution is 7.07. The molecular formula is C10H11NO3S. The first-order valence-corrected chi connectivity index (χ1v) is 5.27. The minimum atomic E-state index is -1.13. The van der Waals surface area contributed by atoms with Crippen molar-refractivity contribution in [3.05, 3.63) is 34.5 Å². The topological polar surface area (TPSA) is 66.4 Å². The van der Waals surface area contributed by atoms with Crippen molar-refractivity contribution in [2.24, 2.45) is 0 Å². The summed E-state index contributed by atoms with van der Waals surface area (Å²) in [5.41, 5.74) is 1.01. The lowest BCUT2D eigenvalue weighted by Crippen LogP contribution is -2.24. The number of carbonyl (C=O) groups excluding carboxylic acids is 1. The average Bonchev–Trinajstić information content (AvgIpc) is 2.67. The summed E-state index contributed by atoms with van der Waals surface area (Å²) in [6.07, 6.45) is 1.82. The molecule has 0 fully saturated rings. The van der Waals surface area contributed by atoms with Crippen LogP contribution in [0.1, 0.15) is 18.5 Å². The van der Waals surface area contributed by atoms with Gasteiger partial charge >= 0.3 is 5.97 Å². The van der Waals surface area contributed by atoms with Crippen LogP contribution in [0.25, 0.3) is 0 Å². The van der Waals surface area contributed by atoms with Crippen LogP contribution in [0.4, 0.5) is 0 Å². The standard InChI is InChI=1S/C10H11NO3S/c1-7(8-4-5-15-6-8)11-9(12)2-3-10(13)14/h2-7H,1H3,(H,11,12)(H,13,14). The highest BCUT2D eigenvalue weighted by Crippen LogP contribution is 2.15. The second-order valence-corrected chi connectivity index (χ2v) is 3.74. The van der Waals surface area contributed by atoms with Crippen LogP contribution < -0.4 is 5.32 Å². The molecule has 1 aromatic heterocycles. The molecule has 1 atom stereocenters. The lowest BCUT2D eigenvalue weighted by molar-refractivity contribution is -0.131. The highest BCUT2D eigenvalue weighted by atomic mass is 32.1. The third-order valence-electron chi connectivity index (χ3n) is 1.78. The first-order valence-electron chi connectivity index (χ1n) is 4.33. The van der Waals surface area contributed by atoms with Crippen molar-refractivity contribution in [2.75, 3.05) is 0 Å². The highest BCUT2D eigenvalue weighted by Gasteiger charge is 2.07. The van der Waals surface area contributed by atoms with Gasteiger partial charge in [-0.05, 0) is 29.3 Å². The molecule has 5 heteroatoms. The number of amides is 1. The fourth-order valence-electron chi connectivity index (χ4n) is 1.01. The number of nitrogens with one attached hydrogen (secondary N) is 1. The van der Waals surface area contributed by atoms with E-state index in [1.54, 1.807) is 11.3 Å². The summed E-state index contributed by atoms with van der Waals surface area (Å²) in [6.45, 7) is 1.84. The van der Waals surface area contributed by atoms with Gasteiger partial charge in [0.2, 0.25) is 5.91 Å². The van der Waals surface area contributed by atoms with Crippen LogP contribution in [0.3, 0.4) is 0 Å². The van der Waals surface area contributed by atoms with Gasteiger partial charge in [0.05, 0.1) is 6.04 Å². The number of carbonyl (C=O) groups is 2. The third-order valence-corrected chi connectivity index (χ3v) is 2.48. The molecule has 80 valence electrons.